The Kier molecular flexibility index (Phi) is 3.33. The molecule has 0 saturated heterocycles. The topological polar surface area (TPSA) is 29.5 Å². The van der Waals surface area contributed by atoms with Gasteiger partial charge in [-0.2, -0.15) is 0 Å². The molecule has 62 valence electrons. The van der Waals surface area contributed by atoms with E-state index in [9.17, 15) is 0 Å². The first-order valence-electron chi connectivity index (χ1n) is 3.69. The van der Waals surface area contributed by atoms with Crippen molar-refractivity contribution in [2.75, 3.05) is 0 Å². The lowest BCUT2D eigenvalue weighted by atomic mass is 9.79. The van der Waals surface area contributed by atoms with Crippen molar-refractivity contribution in [3.05, 3.63) is 0 Å². The van der Waals surface area contributed by atoms with Gasteiger partial charge in [0.05, 0.1) is 6.10 Å². The second-order valence-corrected chi connectivity index (χ2v) is 3.97. The van der Waals surface area contributed by atoms with Crippen LogP contribution in [0.25, 0.3) is 0 Å². The van der Waals surface area contributed by atoms with E-state index in [2.05, 4.69) is 32.6 Å². The Morgan fingerprint density at radius 2 is 1.60 bits per heavy atom. The van der Waals surface area contributed by atoms with Gasteiger partial charge in [0.2, 0.25) is 0 Å². The fraction of sp³-hybridized carbons (Fsp3) is 1.00. The molecule has 0 aromatic carbocycles. The Hall–Kier alpha value is -0.0800. The van der Waals surface area contributed by atoms with Crippen LogP contribution in [0.1, 0.15) is 34.6 Å². The standard InChI is InChI=1S/C8H18O2/c1-6(7(2)10-9)8(3,4)5/h6-7,9H,1-5H3. The molecule has 0 rings (SSSR count). The number of rotatable bonds is 2. The summed E-state index contributed by atoms with van der Waals surface area (Å²) in [5.41, 5.74) is 0.197. The first-order valence-corrected chi connectivity index (χ1v) is 3.69. The van der Waals surface area contributed by atoms with Crippen molar-refractivity contribution >= 4 is 0 Å². The highest BCUT2D eigenvalue weighted by atomic mass is 17.1. The third kappa shape index (κ3) is 2.67. The van der Waals surface area contributed by atoms with Crippen LogP contribution in [0.5, 0.6) is 0 Å². The minimum atomic E-state index is -0.0833. The largest absolute Gasteiger partial charge is 0.252 e. The summed E-state index contributed by atoms with van der Waals surface area (Å²) in [5.74, 6) is 0.359. The van der Waals surface area contributed by atoms with Gasteiger partial charge in [-0.25, -0.2) is 4.89 Å². The second-order valence-electron chi connectivity index (χ2n) is 3.97. The van der Waals surface area contributed by atoms with Crippen LogP contribution in [0.2, 0.25) is 0 Å². The van der Waals surface area contributed by atoms with E-state index in [0.29, 0.717) is 5.92 Å². The van der Waals surface area contributed by atoms with Crippen LogP contribution < -0.4 is 0 Å². The smallest absolute Gasteiger partial charge is 0.0929 e. The lowest BCUT2D eigenvalue weighted by Gasteiger charge is -2.30. The SMILES string of the molecule is CC(OO)C(C)C(C)(C)C. The fourth-order valence-electron chi connectivity index (χ4n) is 0.795. The van der Waals surface area contributed by atoms with Gasteiger partial charge >= 0.3 is 0 Å². The molecule has 0 aliphatic heterocycles. The Labute approximate surface area is 63.1 Å². The van der Waals surface area contributed by atoms with E-state index >= 15 is 0 Å². The summed E-state index contributed by atoms with van der Waals surface area (Å²) < 4.78 is 0. The molecule has 2 heteroatoms. The molecular formula is C8H18O2. The average Bonchev–Trinajstić information content (AvgIpc) is 1.83. The van der Waals surface area contributed by atoms with Crippen LogP contribution in [-0.2, 0) is 4.89 Å². The minimum Gasteiger partial charge on any atom is -0.252 e. The molecule has 0 fully saturated rings. The van der Waals surface area contributed by atoms with Crippen LogP contribution >= 0.6 is 0 Å². The Bertz CT molecular complexity index is 93.9. The van der Waals surface area contributed by atoms with Gasteiger partial charge in [-0.15, -0.1) is 0 Å². The van der Waals surface area contributed by atoms with Gasteiger partial charge in [-0.1, -0.05) is 27.7 Å². The summed E-state index contributed by atoms with van der Waals surface area (Å²) in [6.07, 6.45) is -0.0833. The second kappa shape index (κ2) is 3.35. The fourth-order valence-corrected chi connectivity index (χ4v) is 0.795. The van der Waals surface area contributed by atoms with Crippen LogP contribution in [0.4, 0.5) is 0 Å². The van der Waals surface area contributed by atoms with Crippen molar-refractivity contribution in [3.8, 4) is 0 Å². The summed E-state index contributed by atoms with van der Waals surface area (Å²) >= 11 is 0. The molecule has 2 atom stereocenters. The summed E-state index contributed by atoms with van der Waals surface area (Å²) in [6, 6.07) is 0. The van der Waals surface area contributed by atoms with Crippen molar-refractivity contribution in [3.63, 3.8) is 0 Å². The van der Waals surface area contributed by atoms with Crippen LogP contribution in [0, 0.1) is 11.3 Å². The van der Waals surface area contributed by atoms with Gasteiger partial charge in [0, 0.05) is 0 Å². The minimum absolute atomic E-state index is 0.0833. The predicted octanol–water partition coefficient (Wildman–Crippen LogP) is 2.55. The Morgan fingerprint density at radius 3 is 1.70 bits per heavy atom. The van der Waals surface area contributed by atoms with E-state index < -0.39 is 0 Å². The van der Waals surface area contributed by atoms with Crippen molar-refractivity contribution in [2.24, 2.45) is 11.3 Å². The van der Waals surface area contributed by atoms with E-state index in [1.807, 2.05) is 6.92 Å². The Morgan fingerprint density at radius 1 is 1.20 bits per heavy atom. The lowest BCUT2D eigenvalue weighted by Crippen LogP contribution is -2.28. The van der Waals surface area contributed by atoms with Crippen LogP contribution in [-0.4, -0.2) is 11.4 Å². The third-order valence-corrected chi connectivity index (χ3v) is 2.24. The quantitative estimate of drug-likeness (QED) is 0.479. The number of hydrogen-bond acceptors (Lipinski definition) is 2. The molecule has 0 aliphatic carbocycles. The molecule has 2 unspecified atom stereocenters. The highest BCUT2D eigenvalue weighted by Crippen LogP contribution is 2.28. The molecule has 2 nitrogen and oxygen atoms in total. The molecular weight excluding hydrogens is 128 g/mol. The van der Waals surface area contributed by atoms with E-state index in [0.717, 1.165) is 0 Å². The summed E-state index contributed by atoms with van der Waals surface area (Å²) in [6.45, 7) is 10.3. The van der Waals surface area contributed by atoms with Gasteiger partial charge in [-0.3, -0.25) is 5.26 Å². The van der Waals surface area contributed by atoms with E-state index in [-0.39, 0.29) is 11.5 Å². The molecule has 0 heterocycles. The maximum atomic E-state index is 8.37. The molecule has 0 bridgehead atoms. The van der Waals surface area contributed by atoms with E-state index in [4.69, 9.17) is 5.26 Å². The highest BCUT2D eigenvalue weighted by molar-refractivity contribution is 4.73. The van der Waals surface area contributed by atoms with Crippen LogP contribution in [0.15, 0.2) is 0 Å². The van der Waals surface area contributed by atoms with E-state index in [1.54, 1.807) is 0 Å². The summed E-state index contributed by atoms with van der Waals surface area (Å²) in [7, 11) is 0. The summed E-state index contributed by atoms with van der Waals surface area (Å²) in [4.78, 5) is 4.24. The van der Waals surface area contributed by atoms with Gasteiger partial charge in [0.15, 0.2) is 0 Å². The van der Waals surface area contributed by atoms with Crippen molar-refractivity contribution < 1.29 is 10.1 Å². The van der Waals surface area contributed by atoms with Crippen LogP contribution in [0.3, 0.4) is 0 Å². The lowest BCUT2D eigenvalue weighted by molar-refractivity contribution is -0.290. The van der Waals surface area contributed by atoms with Gasteiger partial charge < -0.3 is 0 Å². The zero-order valence-electron chi connectivity index (χ0n) is 7.51. The molecule has 0 saturated carbocycles. The monoisotopic (exact) mass is 146 g/mol. The molecule has 0 amide bonds. The molecule has 0 radical (unpaired) electrons. The first kappa shape index (κ1) is 9.92. The van der Waals surface area contributed by atoms with Crippen molar-refractivity contribution in [1.29, 1.82) is 0 Å². The molecule has 10 heavy (non-hydrogen) atoms. The maximum Gasteiger partial charge on any atom is 0.0929 e. The Balaban J connectivity index is 3.94. The molecule has 0 spiro atoms. The zero-order valence-corrected chi connectivity index (χ0v) is 7.51. The predicted molar refractivity (Wildman–Crippen MR) is 41.8 cm³/mol. The zero-order chi connectivity index (χ0) is 8.36. The first-order chi connectivity index (χ1) is 4.39. The van der Waals surface area contributed by atoms with Crippen molar-refractivity contribution in [2.45, 2.75) is 40.7 Å². The summed E-state index contributed by atoms with van der Waals surface area (Å²) in [5, 5.41) is 8.37. The normalized spacial score (nSPS) is 18.6. The molecule has 0 aromatic heterocycles. The maximum absolute atomic E-state index is 8.37. The van der Waals surface area contributed by atoms with E-state index in [1.165, 1.54) is 0 Å². The van der Waals surface area contributed by atoms with Crippen molar-refractivity contribution in [1.82, 2.24) is 0 Å². The van der Waals surface area contributed by atoms with Gasteiger partial charge in [0.1, 0.15) is 0 Å². The average molecular weight is 146 g/mol. The molecule has 0 aromatic rings. The highest BCUT2D eigenvalue weighted by Gasteiger charge is 2.25. The number of hydrogen-bond donors (Lipinski definition) is 1. The third-order valence-electron chi connectivity index (χ3n) is 2.24. The van der Waals surface area contributed by atoms with Gasteiger partial charge in [-0.05, 0) is 18.3 Å². The molecule has 1 N–H and O–H groups in total. The molecule has 0 aliphatic rings. The van der Waals surface area contributed by atoms with Gasteiger partial charge in [0.25, 0.3) is 0 Å².